The van der Waals surface area contributed by atoms with Crippen LogP contribution in [0.1, 0.15) is 10.4 Å². The third-order valence-corrected chi connectivity index (χ3v) is 5.17. The van der Waals surface area contributed by atoms with Gasteiger partial charge in [-0.3, -0.25) is 10.1 Å². The predicted molar refractivity (Wildman–Crippen MR) is 106 cm³/mol. The number of amides is 1. The van der Waals surface area contributed by atoms with Crippen molar-refractivity contribution < 1.29 is 4.79 Å². The number of nitrogens with zero attached hydrogens (tertiary/aromatic N) is 2. The van der Waals surface area contributed by atoms with E-state index in [0.29, 0.717) is 10.7 Å². The fourth-order valence-corrected chi connectivity index (χ4v) is 3.78. The fourth-order valence-electron chi connectivity index (χ4n) is 2.79. The number of carbonyl (C=O) groups excluding carboxylic acids is 1. The summed E-state index contributed by atoms with van der Waals surface area (Å²) >= 11 is 1.51. The number of anilines is 2. The van der Waals surface area contributed by atoms with Gasteiger partial charge in [-0.05, 0) is 35.7 Å². The summed E-state index contributed by atoms with van der Waals surface area (Å²) in [6.07, 6.45) is 0. The van der Waals surface area contributed by atoms with Crippen LogP contribution in [0.4, 0.5) is 10.8 Å². The average Bonchev–Trinajstić information content (AvgIpc) is 3.04. The second-order valence-electron chi connectivity index (χ2n) is 6.05. The molecule has 0 saturated carbocycles. The van der Waals surface area contributed by atoms with Gasteiger partial charge in [0.1, 0.15) is 0 Å². The first kappa shape index (κ1) is 15.6. The van der Waals surface area contributed by atoms with E-state index in [1.54, 1.807) is 0 Å². The second kappa shape index (κ2) is 6.18. The van der Waals surface area contributed by atoms with E-state index in [1.165, 1.54) is 16.7 Å². The topological polar surface area (TPSA) is 45.2 Å². The highest BCUT2D eigenvalue weighted by Crippen LogP contribution is 2.32. The van der Waals surface area contributed by atoms with Crippen LogP contribution in [0.3, 0.4) is 0 Å². The summed E-state index contributed by atoms with van der Waals surface area (Å²) in [5.74, 6) is -0.145. The zero-order chi connectivity index (χ0) is 17.4. The van der Waals surface area contributed by atoms with E-state index in [2.05, 4.69) is 28.5 Å². The number of nitrogens with one attached hydrogen (secondary N) is 1. The van der Waals surface area contributed by atoms with Crippen LogP contribution in [-0.4, -0.2) is 25.0 Å². The van der Waals surface area contributed by atoms with Crippen LogP contribution in [0, 0.1) is 0 Å². The minimum atomic E-state index is -0.145. The van der Waals surface area contributed by atoms with Crippen molar-refractivity contribution in [3.05, 3.63) is 66.2 Å². The summed E-state index contributed by atoms with van der Waals surface area (Å²) in [4.78, 5) is 19.0. The number of hydrogen-bond acceptors (Lipinski definition) is 4. The lowest BCUT2D eigenvalue weighted by Crippen LogP contribution is -2.13. The zero-order valence-electron chi connectivity index (χ0n) is 14.0. The fraction of sp³-hybridized carbons (Fsp3) is 0.100. The van der Waals surface area contributed by atoms with Crippen molar-refractivity contribution in [1.82, 2.24) is 4.98 Å². The van der Waals surface area contributed by atoms with Crippen LogP contribution < -0.4 is 10.2 Å². The summed E-state index contributed by atoms with van der Waals surface area (Å²) in [6.45, 7) is 0. The van der Waals surface area contributed by atoms with Gasteiger partial charge in [0.05, 0.1) is 10.2 Å². The molecule has 3 aromatic carbocycles. The average molecular weight is 347 g/mol. The number of thiazole rings is 1. The molecule has 0 spiro atoms. The quantitative estimate of drug-likeness (QED) is 0.581. The van der Waals surface area contributed by atoms with Crippen molar-refractivity contribution in [1.29, 1.82) is 0 Å². The number of rotatable bonds is 3. The molecule has 0 aliphatic heterocycles. The van der Waals surface area contributed by atoms with E-state index in [-0.39, 0.29) is 5.91 Å². The number of aromatic nitrogens is 1. The Kier molecular flexibility index (Phi) is 3.86. The first-order valence-corrected chi connectivity index (χ1v) is 8.80. The second-order valence-corrected chi connectivity index (χ2v) is 7.05. The van der Waals surface area contributed by atoms with Gasteiger partial charge >= 0.3 is 0 Å². The van der Waals surface area contributed by atoms with Gasteiger partial charge in [0.15, 0.2) is 5.13 Å². The van der Waals surface area contributed by atoms with Crippen molar-refractivity contribution in [3.63, 3.8) is 0 Å². The summed E-state index contributed by atoms with van der Waals surface area (Å²) in [6, 6.07) is 19.8. The Balaban J connectivity index is 1.64. The van der Waals surface area contributed by atoms with E-state index in [1.807, 2.05) is 61.5 Å². The van der Waals surface area contributed by atoms with Crippen molar-refractivity contribution in [2.75, 3.05) is 24.3 Å². The summed E-state index contributed by atoms with van der Waals surface area (Å²) in [5, 5.41) is 5.87. The standard InChI is InChI=1S/C20H17N3OS/c1-23(2)15-10-7-14(8-11-15)19(24)22-20-21-17-12-9-13-5-3-4-6-16(13)18(17)25-20/h3-12H,1-2H3,(H,21,22,24). The lowest BCUT2D eigenvalue weighted by atomic mass is 10.1. The number of benzene rings is 3. The van der Waals surface area contributed by atoms with E-state index in [9.17, 15) is 4.79 Å². The van der Waals surface area contributed by atoms with Crippen LogP contribution in [-0.2, 0) is 0 Å². The maximum absolute atomic E-state index is 12.5. The predicted octanol–water partition coefficient (Wildman–Crippen LogP) is 4.77. The number of carbonyl (C=O) groups is 1. The molecule has 0 aliphatic rings. The Bertz CT molecular complexity index is 1070. The Morgan fingerprint density at radius 3 is 2.52 bits per heavy atom. The van der Waals surface area contributed by atoms with Crippen molar-refractivity contribution in [2.45, 2.75) is 0 Å². The third-order valence-electron chi connectivity index (χ3n) is 4.15. The minimum absolute atomic E-state index is 0.145. The largest absolute Gasteiger partial charge is 0.378 e. The lowest BCUT2D eigenvalue weighted by Gasteiger charge is -2.12. The summed E-state index contributed by atoms with van der Waals surface area (Å²) in [7, 11) is 3.95. The minimum Gasteiger partial charge on any atom is -0.378 e. The molecule has 0 saturated heterocycles. The highest BCUT2D eigenvalue weighted by Gasteiger charge is 2.11. The highest BCUT2D eigenvalue weighted by molar-refractivity contribution is 7.23. The molecular weight excluding hydrogens is 330 g/mol. The van der Waals surface area contributed by atoms with Gasteiger partial charge in [-0.1, -0.05) is 41.7 Å². The summed E-state index contributed by atoms with van der Waals surface area (Å²) < 4.78 is 1.09. The Morgan fingerprint density at radius 2 is 1.76 bits per heavy atom. The molecule has 1 heterocycles. The molecule has 0 atom stereocenters. The molecule has 0 aliphatic carbocycles. The normalized spacial score (nSPS) is 11.0. The molecule has 5 heteroatoms. The van der Waals surface area contributed by atoms with Gasteiger partial charge in [0, 0.05) is 30.7 Å². The SMILES string of the molecule is CN(C)c1ccc(C(=O)Nc2nc3ccc4ccccc4c3s2)cc1. The molecule has 1 amide bonds. The molecular formula is C20H17N3OS. The number of hydrogen-bond donors (Lipinski definition) is 1. The van der Waals surface area contributed by atoms with Crippen LogP contribution in [0.25, 0.3) is 21.0 Å². The molecule has 4 nitrogen and oxygen atoms in total. The Hall–Kier alpha value is -2.92. The van der Waals surface area contributed by atoms with E-state index >= 15 is 0 Å². The Labute approximate surface area is 149 Å². The maximum atomic E-state index is 12.5. The van der Waals surface area contributed by atoms with E-state index in [0.717, 1.165) is 21.3 Å². The summed E-state index contributed by atoms with van der Waals surface area (Å²) in [5.41, 5.74) is 2.58. The van der Waals surface area contributed by atoms with Crippen LogP contribution in [0.2, 0.25) is 0 Å². The van der Waals surface area contributed by atoms with Crippen LogP contribution in [0.15, 0.2) is 60.7 Å². The van der Waals surface area contributed by atoms with E-state index in [4.69, 9.17) is 0 Å². The molecule has 0 unspecified atom stereocenters. The van der Waals surface area contributed by atoms with Gasteiger partial charge < -0.3 is 4.90 Å². The molecule has 4 rings (SSSR count). The lowest BCUT2D eigenvalue weighted by molar-refractivity contribution is 0.102. The van der Waals surface area contributed by atoms with Crippen molar-refractivity contribution in [2.24, 2.45) is 0 Å². The molecule has 0 bridgehead atoms. The molecule has 124 valence electrons. The van der Waals surface area contributed by atoms with E-state index < -0.39 is 0 Å². The van der Waals surface area contributed by atoms with Crippen molar-refractivity contribution >= 4 is 49.1 Å². The maximum Gasteiger partial charge on any atom is 0.257 e. The molecule has 1 N–H and O–H groups in total. The van der Waals surface area contributed by atoms with Gasteiger partial charge in [0.2, 0.25) is 0 Å². The van der Waals surface area contributed by atoms with Gasteiger partial charge in [-0.2, -0.15) is 0 Å². The molecule has 1 aromatic heterocycles. The van der Waals surface area contributed by atoms with Crippen LogP contribution >= 0.6 is 11.3 Å². The molecule has 25 heavy (non-hydrogen) atoms. The molecule has 4 aromatic rings. The van der Waals surface area contributed by atoms with Gasteiger partial charge in [-0.15, -0.1) is 0 Å². The van der Waals surface area contributed by atoms with Crippen LogP contribution in [0.5, 0.6) is 0 Å². The van der Waals surface area contributed by atoms with Gasteiger partial charge in [-0.25, -0.2) is 4.98 Å². The highest BCUT2D eigenvalue weighted by atomic mass is 32.1. The third kappa shape index (κ3) is 2.94. The monoisotopic (exact) mass is 347 g/mol. The molecule has 0 fully saturated rings. The van der Waals surface area contributed by atoms with Crippen molar-refractivity contribution in [3.8, 4) is 0 Å². The zero-order valence-corrected chi connectivity index (χ0v) is 14.8. The first-order valence-electron chi connectivity index (χ1n) is 7.99. The first-order chi connectivity index (χ1) is 12.1. The molecule has 0 radical (unpaired) electrons. The number of fused-ring (bicyclic) bond motifs is 3. The Morgan fingerprint density at radius 1 is 1.00 bits per heavy atom. The smallest absolute Gasteiger partial charge is 0.257 e. The van der Waals surface area contributed by atoms with Gasteiger partial charge in [0.25, 0.3) is 5.91 Å².